The number of carbonyl (C=O) groups is 1. The van der Waals surface area contributed by atoms with Gasteiger partial charge in [0, 0.05) is 39.0 Å². The molecule has 1 aliphatic heterocycles. The van der Waals surface area contributed by atoms with Crippen molar-refractivity contribution in [1.82, 2.24) is 0 Å². The van der Waals surface area contributed by atoms with Crippen LogP contribution in [0.5, 0.6) is 5.75 Å². The molecule has 172 valence electrons. The molecule has 1 aliphatic rings. The Hall–Kier alpha value is -2.19. The van der Waals surface area contributed by atoms with Crippen LogP contribution >= 0.6 is 0 Å². The minimum atomic E-state index is -0.435. The van der Waals surface area contributed by atoms with Gasteiger partial charge in [0.25, 0.3) is 0 Å². The van der Waals surface area contributed by atoms with E-state index in [4.69, 9.17) is 23.5 Å². The van der Waals surface area contributed by atoms with E-state index in [1.807, 2.05) is 48.5 Å². The number of ether oxygens (including phenoxy) is 3. The van der Waals surface area contributed by atoms with Crippen molar-refractivity contribution in [1.29, 1.82) is 0 Å². The summed E-state index contributed by atoms with van der Waals surface area (Å²) in [4.78, 5) is 12.2. The fraction of sp³-hybridized carbons (Fsp3) is 0.480. The maximum Gasteiger partial charge on any atom is 0.493 e. The van der Waals surface area contributed by atoms with Crippen LogP contribution in [-0.2, 0) is 25.4 Å². The molecule has 0 bridgehead atoms. The highest BCUT2D eigenvalue weighted by molar-refractivity contribution is 6.61. The molecule has 0 spiro atoms. The van der Waals surface area contributed by atoms with Crippen LogP contribution in [0.3, 0.4) is 0 Å². The van der Waals surface area contributed by atoms with Crippen molar-refractivity contribution in [2.45, 2.75) is 58.0 Å². The molecule has 0 saturated carbocycles. The molecule has 0 aliphatic carbocycles. The maximum absolute atomic E-state index is 12.2. The number of Topliss-reactive ketones (excluding diaryl/α,β-unsaturated/α-hetero) is 1. The number of rotatable bonds is 12. The van der Waals surface area contributed by atoms with E-state index < -0.39 is 7.12 Å². The van der Waals surface area contributed by atoms with Gasteiger partial charge in [-0.05, 0) is 41.7 Å². The van der Waals surface area contributed by atoms with Crippen molar-refractivity contribution in [2.75, 3.05) is 20.8 Å². The summed E-state index contributed by atoms with van der Waals surface area (Å²) < 4.78 is 28.8. The lowest BCUT2D eigenvalue weighted by Gasteiger charge is -2.30. The largest absolute Gasteiger partial charge is 0.493 e. The fourth-order valence-corrected chi connectivity index (χ4v) is 3.78. The van der Waals surface area contributed by atoms with Gasteiger partial charge in [0.05, 0.1) is 13.2 Å². The first-order valence-corrected chi connectivity index (χ1v) is 11.3. The van der Waals surface area contributed by atoms with Gasteiger partial charge in [-0.2, -0.15) is 0 Å². The second-order valence-electron chi connectivity index (χ2n) is 7.93. The summed E-state index contributed by atoms with van der Waals surface area (Å²) in [6.45, 7) is 3.05. The lowest BCUT2D eigenvalue weighted by atomic mass is 9.76. The zero-order chi connectivity index (χ0) is 22.8. The zero-order valence-electron chi connectivity index (χ0n) is 19.3. The molecule has 2 aromatic carbocycles. The van der Waals surface area contributed by atoms with Crippen LogP contribution in [0.25, 0.3) is 0 Å². The van der Waals surface area contributed by atoms with E-state index in [1.54, 1.807) is 14.2 Å². The van der Waals surface area contributed by atoms with Crippen molar-refractivity contribution in [3.8, 4) is 5.75 Å². The second-order valence-corrected chi connectivity index (χ2v) is 7.93. The van der Waals surface area contributed by atoms with Crippen molar-refractivity contribution in [3.05, 3.63) is 59.7 Å². The first-order chi connectivity index (χ1) is 15.6. The van der Waals surface area contributed by atoms with Crippen LogP contribution in [0.2, 0.25) is 0 Å². The van der Waals surface area contributed by atoms with Crippen LogP contribution in [0.15, 0.2) is 48.5 Å². The topological polar surface area (TPSA) is 63.2 Å². The normalized spacial score (nSPS) is 18.3. The predicted molar refractivity (Wildman–Crippen MR) is 124 cm³/mol. The molecule has 1 saturated heterocycles. The van der Waals surface area contributed by atoms with Crippen molar-refractivity contribution < 1.29 is 28.3 Å². The highest BCUT2D eigenvalue weighted by Crippen LogP contribution is 2.23. The van der Waals surface area contributed by atoms with Gasteiger partial charge in [-0.3, -0.25) is 4.79 Å². The summed E-state index contributed by atoms with van der Waals surface area (Å²) in [5.74, 6) is 0.943. The van der Waals surface area contributed by atoms with E-state index >= 15 is 0 Å². The van der Waals surface area contributed by atoms with Crippen LogP contribution in [0.1, 0.15) is 54.9 Å². The van der Waals surface area contributed by atoms with Crippen LogP contribution in [0, 0.1) is 0 Å². The maximum atomic E-state index is 12.2. The van der Waals surface area contributed by atoms with Crippen molar-refractivity contribution in [2.24, 2.45) is 0 Å². The molecule has 32 heavy (non-hydrogen) atoms. The van der Waals surface area contributed by atoms with E-state index in [-0.39, 0.29) is 18.2 Å². The van der Waals surface area contributed by atoms with Crippen molar-refractivity contribution >= 4 is 18.4 Å². The lowest BCUT2D eigenvalue weighted by molar-refractivity contribution is -0.187. The Morgan fingerprint density at radius 2 is 1.84 bits per heavy atom. The second kappa shape index (κ2) is 12.8. The van der Waals surface area contributed by atoms with E-state index in [1.165, 1.54) is 0 Å². The summed E-state index contributed by atoms with van der Waals surface area (Å²) in [5, 5.41) is 0. The van der Waals surface area contributed by atoms with Crippen molar-refractivity contribution in [3.63, 3.8) is 0 Å². The summed E-state index contributed by atoms with van der Waals surface area (Å²) in [7, 11) is 2.80. The monoisotopic (exact) mass is 440 g/mol. The van der Waals surface area contributed by atoms with Gasteiger partial charge in [0.2, 0.25) is 0 Å². The molecule has 1 fully saturated rings. The molecule has 2 aromatic rings. The molecule has 7 heteroatoms. The summed E-state index contributed by atoms with van der Waals surface area (Å²) in [6, 6.07) is 15.3. The number of hydrogen-bond acceptors (Lipinski definition) is 6. The SMILES string of the molecule is CCCCC(=O)c1ccc(OC2CCOC(OCc3ccccc3B(OC)OC)C2)cc1. The first-order valence-electron chi connectivity index (χ1n) is 11.3. The van der Waals surface area contributed by atoms with Gasteiger partial charge < -0.3 is 23.5 Å². The Balaban J connectivity index is 1.52. The van der Waals surface area contributed by atoms with Crippen LogP contribution in [-0.4, -0.2) is 46.1 Å². The summed E-state index contributed by atoms with van der Waals surface area (Å²) in [6.07, 6.45) is 3.61. The van der Waals surface area contributed by atoms with Gasteiger partial charge in [-0.15, -0.1) is 0 Å². The minimum Gasteiger partial charge on any atom is -0.490 e. The number of carbonyl (C=O) groups excluding carboxylic acids is 1. The molecule has 1 heterocycles. The minimum absolute atomic E-state index is 0.00339. The Bertz CT molecular complexity index is 837. The summed E-state index contributed by atoms with van der Waals surface area (Å²) in [5.41, 5.74) is 2.67. The highest BCUT2D eigenvalue weighted by Gasteiger charge is 2.26. The number of benzene rings is 2. The van der Waals surface area contributed by atoms with Gasteiger partial charge in [0.15, 0.2) is 12.1 Å². The Labute approximate surface area is 191 Å². The average molecular weight is 440 g/mol. The van der Waals surface area contributed by atoms with E-state index in [0.717, 1.165) is 41.6 Å². The van der Waals surface area contributed by atoms with E-state index in [9.17, 15) is 4.79 Å². The Morgan fingerprint density at radius 3 is 2.56 bits per heavy atom. The number of ketones is 1. The molecule has 0 amide bonds. The van der Waals surface area contributed by atoms with Crippen LogP contribution in [0.4, 0.5) is 0 Å². The lowest BCUT2D eigenvalue weighted by Crippen LogP contribution is -2.38. The first kappa shape index (κ1) is 24.5. The van der Waals surface area contributed by atoms with Gasteiger partial charge in [-0.1, -0.05) is 37.6 Å². The Kier molecular flexibility index (Phi) is 9.74. The molecule has 3 rings (SSSR count). The standard InChI is InChI=1S/C25H33BO6/c1-4-5-10-24(27)19-11-13-21(14-12-19)32-22-15-16-30-25(17-22)31-18-20-8-6-7-9-23(20)26(28-2)29-3/h6-9,11-14,22,25H,4-5,10,15-18H2,1-3H3. The Morgan fingerprint density at radius 1 is 1.09 bits per heavy atom. The smallest absolute Gasteiger partial charge is 0.490 e. The third-order valence-corrected chi connectivity index (χ3v) is 5.60. The van der Waals surface area contributed by atoms with Gasteiger partial charge in [0.1, 0.15) is 11.9 Å². The molecule has 0 N–H and O–H groups in total. The van der Waals surface area contributed by atoms with E-state index in [0.29, 0.717) is 26.1 Å². The molecular formula is C25H33BO6. The number of hydrogen-bond donors (Lipinski definition) is 0. The van der Waals surface area contributed by atoms with Gasteiger partial charge in [-0.25, -0.2) is 0 Å². The highest BCUT2D eigenvalue weighted by atomic mass is 16.7. The predicted octanol–water partition coefficient (Wildman–Crippen LogP) is 4.15. The fourth-order valence-electron chi connectivity index (χ4n) is 3.78. The van der Waals surface area contributed by atoms with Crippen LogP contribution < -0.4 is 10.2 Å². The molecule has 2 atom stereocenters. The third-order valence-electron chi connectivity index (χ3n) is 5.60. The van der Waals surface area contributed by atoms with E-state index in [2.05, 4.69) is 6.92 Å². The summed E-state index contributed by atoms with van der Waals surface area (Å²) >= 11 is 0. The average Bonchev–Trinajstić information content (AvgIpc) is 2.83. The molecule has 2 unspecified atom stereocenters. The third kappa shape index (κ3) is 6.91. The quantitative estimate of drug-likeness (QED) is 0.365. The number of unbranched alkanes of at least 4 members (excludes halogenated alkanes) is 1. The van der Waals surface area contributed by atoms with Gasteiger partial charge >= 0.3 is 7.12 Å². The molecular weight excluding hydrogens is 407 g/mol. The molecule has 0 aromatic heterocycles. The molecule has 0 radical (unpaired) electrons. The zero-order valence-corrected chi connectivity index (χ0v) is 19.3. The molecule has 6 nitrogen and oxygen atoms in total.